The number of rotatable bonds is 5. The molecule has 3 aromatic heterocycles. The molecule has 9 nitrogen and oxygen atoms in total. The van der Waals surface area contributed by atoms with Crippen LogP contribution >= 0.6 is 0 Å². The molecule has 0 fully saturated rings. The molecule has 3 N–H and O–H groups in total. The second-order valence-corrected chi connectivity index (χ2v) is 10.7. The van der Waals surface area contributed by atoms with Gasteiger partial charge in [0.1, 0.15) is 17.5 Å². The molecule has 0 radical (unpaired) electrons. The molecule has 0 bridgehead atoms. The van der Waals surface area contributed by atoms with Gasteiger partial charge in [0.2, 0.25) is 0 Å². The summed E-state index contributed by atoms with van der Waals surface area (Å²) < 4.78 is 18.2. The maximum Gasteiger partial charge on any atom is 0.324 e. The molecule has 0 saturated carbocycles. The van der Waals surface area contributed by atoms with Crippen molar-refractivity contribution in [2.75, 3.05) is 23.0 Å². The first kappa shape index (κ1) is 26.8. The average molecular weight is 520 g/mol. The Morgan fingerprint density at radius 2 is 1.76 bits per heavy atom. The summed E-state index contributed by atoms with van der Waals surface area (Å²) in [5.74, 6) is 0.521. The van der Waals surface area contributed by atoms with Crippen LogP contribution in [0.3, 0.4) is 0 Å². The van der Waals surface area contributed by atoms with Gasteiger partial charge in [0.25, 0.3) is 5.56 Å². The van der Waals surface area contributed by atoms with E-state index in [-0.39, 0.29) is 22.7 Å². The molecule has 0 aliphatic rings. The van der Waals surface area contributed by atoms with Crippen molar-refractivity contribution in [3.63, 3.8) is 0 Å². The predicted octanol–water partition coefficient (Wildman–Crippen LogP) is 5.81. The Balaban J connectivity index is 1.74. The topological polar surface area (TPSA) is 106 Å². The first-order valence-corrected chi connectivity index (χ1v) is 12.5. The number of anilines is 3. The minimum absolute atomic E-state index is 0.0411. The van der Waals surface area contributed by atoms with E-state index in [0.29, 0.717) is 28.3 Å². The number of aromatic nitrogens is 4. The van der Waals surface area contributed by atoms with E-state index in [1.807, 2.05) is 40.7 Å². The Morgan fingerprint density at radius 3 is 2.37 bits per heavy atom. The molecule has 0 unspecified atom stereocenters. The quantitative estimate of drug-likeness (QED) is 0.309. The van der Waals surface area contributed by atoms with E-state index in [4.69, 9.17) is 0 Å². The van der Waals surface area contributed by atoms with Crippen LogP contribution in [0.15, 0.2) is 41.3 Å². The lowest BCUT2D eigenvalue weighted by Gasteiger charge is -2.18. The monoisotopic (exact) mass is 519 g/mol. The van der Waals surface area contributed by atoms with Crippen molar-refractivity contribution in [3.05, 3.63) is 64.0 Å². The van der Waals surface area contributed by atoms with E-state index in [1.54, 1.807) is 48.6 Å². The first-order valence-electron chi connectivity index (χ1n) is 12.5. The van der Waals surface area contributed by atoms with E-state index < -0.39 is 11.8 Å². The van der Waals surface area contributed by atoms with Gasteiger partial charge in [-0.3, -0.25) is 14.8 Å². The van der Waals surface area contributed by atoms with Gasteiger partial charge < -0.3 is 15.2 Å². The SMILES string of the molecule is CNc1cc2c(cn1)cc(-c1cc(NC(=O)Nc3cc(C(C)(C)C)nn3C)c(F)cc1C)c(=O)n2C(C)C. The van der Waals surface area contributed by atoms with Gasteiger partial charge in [-0.05, 0) is 50.1 Å². The zero-order valence-electron chi connectivity index (χ0n) is 23.0. The number of hydrogen-bond acceptors (Lipinski definition) is 5. The molecule has 3 heterocycles. The highest BCUT2D eigenvalue weighted by Crippen LogP contribution is 2.30. The van der Waals surface area contributed by atoms with Gasteiger partial charge in [-0.15, -0.1) is 0 Å². The molecule has 0 aliphatic heterocycles. The van der Waals surface area contributed by atoms with Crippen LogP contribution in [0, 0.1) is 12.7 Å². The van der Waals surface area contributed by atoms with Crippen LogP contribution in [0.4, 0.5) is 26.5 Å². The third-order valence-corrected chi connectivity index (χ3v) is 6.44. The van der Waals surface area contributed by atoms with E-state index in [2.05, 4.69) is 26.0 Å². The van der Waals surface area contributed by atoms with Crippen LogP contribution in [0.25, 0.3) is 22.0 Å². The average Bonchev–Trinajstić information content (AvgIpc) is 3.20. The van der Waals surface area contributed by atoms with Gasteiger partial charge in [-0.2, -0.15) is 5.10 Å². The van der Waals surface area contributed by atoms with E-state index in [1.165, 1.54) is 12.1 Å². The summed E-state index contributed by atoms with van der Waals surface area (Å²) in [5, 5.41) is 13.5. The highest BCUT2D eigenvalue weighted by Gasteiger charge is 2.21. The number of carbonyl (C=O) groups is 1. The summed E-state index contributed by atoms with van der Waals surface area (Å²) in [6, 6.07) is 7.44. The molecular formula is C28H34FN7O2. The van der Waals surface area contributed by atoms with Gasteiger partial charge in [0.15, 0.2) is 0 Å². The second kappa shape index (κ2) is 9.92. The van der Waals surface area contributed by atoms with Gasteiger partial charge in [-0.25, -0.2) is 14.2 Å². The largest absolute Gasteiger partial charge is 0.373 e. The Kier molecular flexibility index (Phi) is 7.01. The highest BCUT2D eigenvalue weighted by molar-refractivity contribution is 6.00. The number of nitrogens with zero attached hydrogens (tertiary/aromatic N) is 4. The molecule has 4 aromatic rings. The van der Waals surface area contributed by atoms with Crippen LogP contribution in [0.1, 0.15) is 51.9 Å². The lowest BCUT2D eigenvalue weighted by atomic mass is 9.92. The van der Waals surface area contributed by atoms with Crippen LogP contribution in [-0.4, -0.2) is 32.4 Å². The Labute approximate surface area is 221 Å². The van der Waals surface area contributed by atoms with Crippen LogP contribution in [0.5, 0.6) is 0 Å². The van der Waals surface area contributed by atoms with Gasteiger partial charge >= 0.3 is 6.03 Å². The number of amides is 2. The number of hydrogen-bond donors (Lipinski definition) is 3. The van der Waals surface area contributed by atoms with Crippen molar-refractivity contribution in [1.82, 2.24) is 19.3 Å². The molecule has 0 aliphatic carbocycles. The number of urea groups is 1. The molecular weight excluding hydrogens is 485 g/mol. The van der Waals surface area contributed by atoms with Crippen LogP contribution in [0.2, 0.25) is 0 Å². The molecule has 0 spiro atoms. The van der Waals surface area contributed by atoms with Crippen molar-refractivity contribution < 1.29 is 9.18 Å². The molecule has 38 heavy (non-hydrogen) atoms. The van der Waals surface area contributed by atoms with Crippen LogP contribution in [-0.2, 0) is 12.5 Å². The van der Waals surface area contributed by atoms with E-state index in [9.17, 15) is 14.0 Å². The number of carbonyl (C=O) groups excluding carboxylic acids is 1. The molecule has 4 rings (SSSR count). The van der Waals surface area contributed by atoms with Crippen molar-refractivity contribution in [2.45, 2.75) is 53.0 Å². The predicted molar refractivity (Wildman–Crippen MR) is 151 cm³/mol. The molecule has 10 heteroatoms. The summed E-state index contributed by atoms with van der Waals surface area (Å²) in [6.45, 7) is 11.7. The van der Waals surface area contributed by atoms with E-state index >= 15 is 0 Å². The fraction of sp³-hybridized carbons (Fsp3) is 0.357. The number of aryl methyl sites for hydroxylation is 2. The third-order valence-electron chi connectivity index (χ3n) is 6.44. The Hall–Kier alpha value is -4.21. The molecule has 0 saturated heterocycles. The first-order chi connectivity index (χ1) is 17.8. The summed E-state index contributed by atoms with van der Waals surface area (Å²) in [5.41, 5.74) is 2.60. The van der Waals surface area contributed by atoms with E-state index in [0.717, 1.165) is 16.6 Å². The fourth-order valence-corrected chi connectivity index (χ4v) is 4.35. The smallest absolute Gasteiger partial charge is 0.324 e. The van der Waals surface area contributed by atoms with Gasteiger partial charge in [0.05, 0.1) is 16.9 Å². The zero-order chi connectivity index (χ0) is 27.9. The summed E-state index contributed by atoms with van der Waals surface area (Å²) in [6.07, 6.45) is 1.70. The highest BCUT2D eigenvalue weighted by atomic mass is 19.1. The number of halogens is 1. The van der Waals surface area contributed by atoms with Crippen LogP contribution < -0.4 is 21.5 Å². The number of fused-ring (bicyclic) bond motifs is 1. The lowest BCUT2D eigenvalue weighted by Crippen LogP contribution is -2.24. The minimum Gasteiger partial charge on any atom is -0.373 e. The normalized spacial score (nSPS) is 11.7. The number of nitrogens with one attached hydrogen (secondary N) is 3. The molecule has 1 aromatic carbocycles. The fourth-order valence-electron chi connectivity index (χ4n) is 4.35. The number of pyridine rings is 2. The van der Waals surface area contributed by atoms with Crippen molar-refractivity contribution >= 4 is 34.3 Å². The molecule has 200 valence electrons. The number of benzene rings is 1. The summed E-state index contributed by atoms with van der Waals surface area (Å²) >= 11 is 0. The van der Waals surface area contributed by atoms with Gasteiger partial charge in [-0.1, -0.05) is 20.8 Å². The molecule has 2 amide bonds. The maximum absolute atomic E-state index is 15.0. The zero-order valence-corrected chi connectivity index (χ0v) is 23.0. The van der Waals surface area contributed by atoms with Crippen molar-refractivity contribution in [1.29, 1.82) is 0 Å². The maximum atomic E-state index is 15.0. The van der Waals surface area contributed by atoms with Crippen molar-refractivity contribution in [3.8, 4) is 11.1 Å². The second-order valence-electron chi connectivity index (χ2n) is 10.7. The lowest BCUT2D eigenvalue weighted by molar-refractivity contribution is 0.262. The Morgan fingerprint density at radius 1 is 1.05 bits per heavy atom. The minimum atomic E-state index is -0.621. The van der Waals surface area contributed by atoms with Crippen molar-refractivity contribution in [2.24, 2.45) is 7.05 Å². The van der Waals surface area contributed by atoms with Gasteiger partial charge in [0, 0.05) is 54.8 Å². The Bertz CT molecular complexity index is 1600. The standard InChI is InChI=1S/C28H34FN7O2/c1-15(2)36-22-12-24(30-7)31-14-17(22)10-19(26(36)37)18-11-21(20(29)9-16(18)3)32-27(38)33-25-13-23(28(4,5)6)34-35(25)8/h9-15H,1-8H3,(H,30,31)(H2,32,33,38). The molecule has 0 atom stereocenters. The summed E-state index contributed by atoms with van der Waals surface area (Å²) in [7, 11) is 3.49. The summed E-state index contributed by atoms with van der Waals surface area (Å²) in [4.78, 5) is 30.9. The third kappa shape index (κ3) is 5.11.